The molecule has 0 atom stereocenters. The van der Waals surface area contributed by atoms with Crippen molar-refractivity contribution in [1.82, 2.24) is 10.2 Å². The molecule has 0 saturated carbocycles. The molecule has 4 aromatic rings. The second-order valence-corrected chi connectivity index (χ2v) is 5.01. The van der Waals surface area contributed by atoms with Gasteiger partial charge in [-0.2, -0.15) is 0 Å². The van der Waals surface area contributed by atoms with Crippen molar-refractivity contribution in [3.05, 3.63) is 66.7 Å². The lowest BCUT2D eigenvalue weighted by molar-refractivity contribution is 1.07. The molecule has 2 N–H and O–H groups in total. The topological polar surface area (TPSA) is 51.8 Å². The average molecular weight is 271 g/mol. The van der Waals surface area contributed by atoms with Crippen LogP contribution < -0.4 is 5.73 Å². The minimum Gasteiger partial charge on any atom is -0.382 e. The normalized spacial score (nSPS) is 11.0. The third-order valence-electron chi connectivity index (χ3n) is 3.76. The van der Waals surface area contributed by atoms with Crippen LogP contribution in [-0.2, 0) is 0 Å². The Morgan fingerprint density at radius 1 is 0.619 bits per heavy atom. The van der Waals surface area contributed by atoms with Gasteiger partial charge in [0.2, 0.25) is 0 Å². The van der Waals surface area contributed by atoms with Crippen molar-refractivity contribution in [3.8, 4) is 11.3 Å². The van der Waals surface area contributed by atoms with Crippen LogP contribution >= 0.6 is 0 Å². The van der Waals surface area contributed by atoms with E-state index in [1.165, 1.54) is 10.8 Å². The summed E-state index contributed by atoms with van der Waals surface area (Å²) in [7, 11) is 0. The SMILES string of the molecule is Nc1nnc(-c2cccc3ccccc23)c2ccccc12. The van der Waals surface area contributed by atoms with E-state index in [-0.39, 0.29) is 0 Å². The number of hydrogen-bond donors (Lipinski definition) is 1. The van der Waals surface area contributed by atoms with Crippen LogP contribution in [0.2, 0.25) is 0 Å². The first-order valence-corrected chi connectivity index (χ1v) is 6.83. The van der Waals surface area contributed by atoms with Crippen molar-refractivity contribution in [1.29, 1.82) is 0 Å². The van der Waals surface area contributed by atoms with Crippen molar-refractivity contribution in [2.75, 3.05) is 5.73 Å². The number of aromatic nitrogens is 2. The van der Waals surface area contributed by atoms with Gasteiger partial charge in [-0.15, -0.1) is 10.2 Å². The fourth-order valence-corrected chi connectivity index (χ4v) is 2.76. The largest absolute Gasteiger partial charge is 0.382 e. The van der Waals surface area contributed by atoms with E-state index in [0.717, 1.165) is 22.0 Å². The van der Waals surface area contributed by atoms with Crippen LogP contribution in [0.4, 0.5) is 5.82 Å². The zero-order valence-electron chi connectivity index (χ0n) is 11.3. The van der Waals surface area contributed by atoms with E-state index in [0.29, 0.717) is 5.82 Å². The summed E-state index contributed by atoms with van der Waals surface area (Å²) in [6, 6.07) is 22.5. The monoisotopic (exact) mass is 271 g/mol. The van der Waals surface area contributed by atoms with E-state index in [1.54, 1.807) is 0 Å². The van der Waals surface area contributed by atoms with Crippen LogP contribution in [0.15, 0.2) is 66.7 Å². The number of rotatable bonds is 1. The lowest BCUT2D eigenvalue weighted by Gasteiger charge is -2.09. The van der Waals surface area contributed by atoms with Crippen molar-refractivity contribution >= 4 is 27.4 Å². The summed E-state index contributed by atoms with van der Waals surface area (Å²) < 4.78 is 0. The smallest absolute Gasteiger partial charge is 0.154 e. The molecule has 0 saturated heterocycles. The number of nitrogens with zero attached hydrogens (tertiary/aromatic N) is 2. The van der Waals surface area contributed by atoms with Gasteiger partial charge in [-0.3, -0.25) is 0 Å². The number of hydrogen-bond acceptors (Lipinski definition) is 3. The molecule has 0 radical (unpaired) electrons. The summed E-state index contributed by atoms with van der Waals surface area (Å²) in [4.78, 5) is 0. The lowest BCUT2D eigenvalue weighted by atomic mass is 9.99. The molecule has 21 heavy (non-hydrogen) atoms. The second-order valence-electron chi connectivity index (χ2n) is 5.01. The van der Waals surface area contributed by atoms with Crippen LogP contribution in [0.3, 0.4) is 0 Å². The van der Waals surface area contributed by atoms with E-state index >= 15 is 0 Å². The Balaban J connectivity index is 2.13. The molecule has 0 aliphatic rings. The minimum absolute atomic E-state index is 0.467. The van der Waals surface area contributed by atoms with Crippen LogP contribution in [-0.4, -0.2) is 10.2 Å². The highest BCUT2D eigenvalue weighted by atomic mass is 15.1. The average Bonchev–Trinajstić information content (AvgIpc) is 2.55. The van der Waals surface area contributed by atoms with Crippen LogP contribution in [0.25, 0.3) is 32.8 Å². The van der Waals surface area contributed by atoms with E-state index in [9.17, 15) is 0 Å². The summed E-state index contributed by atoms with van der Waals surface area (Å²) in [6.45, 7) is 0. The van der Waals surface area contributed by atoms with Crippen LogP contribution in [0.1, 0.15) is 0 Å². The molecule has 4 rings (SSSR count). The highest BCUT2D eigenvalue weighted by molar-refractivity contribution is 6.05. The Morgan fingerprint density at radius 3 is 2.14 bits per heavy atom. The van der Waals surface area contributed by atoms with Gasteiger partial charge in [0, 0.05) is 16.3 Å². The molecule has 100 valence electrons. The number of nitrogens with two attached hydrogens (primary N) is 1. The molecular formula is C18H13N3. The molecule has 1 heterocycles. The summed E-state index contributed by atoms with van der Waals surface area (Å²) in [5.41, 5.74) is 7.89. The Labute approximate surface area is 122 Å². The third kappa shape index (κ3) is 1.82. The number of fused-ring (bicyclic) bond motifs is 2. The number of nitrogen functional groups attached to an aromatic ring is 1. The van der Waals surface area contributed by atoms with E-state index in [1.807, 2.05) is 42.5 Å². The Morgan fingerprint density at radius 2 is 1.29 bits per heavy atom. The predicted molar refractivity (Wildman–Crippen MR) is 86.9 cm³/mol. The van der Waals surface area contributed by atoms with E-state index in [2.05, 4.69) is 34.5 Å². The standard InChI is InChI=1S/C18H13N3/c19-18-16-10-4-3-9-15(16)17(20-21-18)14-11-5-7-12-6-1-2-8-13(12)14/h1-11H,(H2,19,21). The van der Waals surface area contributed by atoms with Gasteiger partial charge in [-0.05, 0) is 10.8 Å². The van der Waals surface area contributed by atoms with Gasteiger partial charge in [0.05, 0.1) is 0 Å². The molecule has 3 nitrogen and oxygen atoms in total. The maximum atomic E-state index is 5.94. The summed E-state index contributed by atoms with van der Waals surface area (Å²) in [5.74, 6) is 0.467. The first-order chi connectivity index (χ1) is 10.3. The molecule has 0 amide bonds. The Kier molecular flexibility index (Phi) is 2.57. The summed E-state index contributed by atoms with van der Waals surface area (Å²) >= 11 is 0. The molecule has 3 heteroatoms. The zero-order valence-corrected chi connectivity index (χ0v) is 11.3. The van der Waals surface area contributed by atoms with Crippen molar-refractivity contribution in [2.24, 2.45) is 0 Å². The van der Waals surface area contributed by atoms with Gasteiger partial charge in [-0.25, -0.2) is 0 Å². The van der Waals surface area contributed by atoms with Gasteiger partial charge < -0.3 is 5.73 Å². The van der Waals surface area contributed by atoms with Gasteiger partial charge in [0.1, 0.15) is 5.69 Å². The third-order valence-corrected chi connectivity index (χ3v) is 3.76. The molecule has 0 spiro atoms. The molecule has 0 bridgehead atoms. The van der Waals surface area contributed by atoms with Crippen molar-refractivity contribution < 1.29 is 0 Å². The van der Waals surface area contributed by atoms with Gasteiger partial charge in [-0.1, -0.05) is 66.7 Å². The summed E-state index contributed by atoms with van der Waals surface area (Å²) in [6.07, 6.45) is 0. The first-order valence-electron chi connectivity index (χ1n) is 6.83. The second kappa shape index (κ2) is 4.56. The number of anilines is 1. The predicted octanol–water partition coefficient (Wildman–Crippen LogP) is 4.03. The van der Waals surface area contributed by atoms with E-state index in [4.69, 9.17) is 5.73 Å². The molecule has 0 fully saturated rings. The van der Waals surface area contributed by atoms with E-state index < -0.39 is 0 Å². The molecule has 0 aliphatic heterocycles. The molecule has 1 aromatic heterocycles. The molecule has 3 aromatic carbocycles. The van der Waals surface area contributed by atoms with Crippen LogP contribution in [0, 0.1) is 0 Å². The fraction of sp³-hybridized carbons (Fsp3) is 0. The Hall–Kier alpha value is -2.94. The quantitative estimate of drug-likeness (QED) is 0.568. The highest BCUT2D eigenvalue weighted by Gasteiger charge is 2.11. The number of benzene rings is 3. The van der Waals surface area contributed by atoms with Crippen molar-refractivity contribution in [3.63, 3.8) is 0 Å². The van der Waals surface area contributed by atoms with Crippen LogP contribution in [0.5, 0.6) is 0 Å². The maximum absolute atomic E-state index is 5.94. The fourth-order valence-electron chi connectivity index (χ4n) is 2.76. The Bertz CT molecular complexity index is 955. The van der Waals surface area contributed by atoms with Gasteiger partial charge >= 0.3 is 0 Å². The van der Waals surface area contributed by atoms with Crippen molar-refractivity contribution in [2.45, 2.75) is 0 Å². The zero-order chi connectivity index (χ0) is 14.2. The molecule has 0 aliphatic carbocycles. The van der Waals surface area contributed by atoms with Gasteiger partial charge in [0.25, 0.3) is 0 Å². The minimum atomic E-state index is 0.467. The lowest BCUT2D eigenvalue weighted by Crippen LogP contribution is -1.97. The molecular weight excluding hydrogens is 258 g/mol. The first kappa shape index (κ1) is 11.9. The maximum Gasteiger partial charge on any atom is 0.154 e. The van der Waals surface area contributed by atoms with Gasteiger partial charge in [0.15, 0.2) is 5.82 Å². The summed E-state index contributed by atoms with van der Waals surface area (Å²) in [5, 5.41) is 12.8. The highest BCUT2D eigenvalue weighted by Crippen LogP contribution is 2.32. The molecule has 0 unspecified atom stereocenters.